The average molecular weight is 264 g/mol. The zero-order valence-corrected chi connectivity index (χ0v) is 11.2. The topological polar surface area (TPSA) is 18.5 Å². The predicted octanol–water partition coefficient (Wildman–Crippen LogP) is 4.12. The molecule has 1 heterocycles. The standard InChI is InChI=1S/C18H16O2/c1-3-7-15(8-4-1)17-13-19-11-12-20-14-18(17)16-9-5-2-6-10-16/h1-10,13-14H,11-12H2. The minimum Gasteiger partial charge on any atom is -0.497 e. The first-order valence-corrected chi connectivity index (χ1v) is 6.70. The summed E-state index contributed by atoms with van der Waals surface area (Å²) in [5.74, 6) is 0. The molecule has 2 aromatic carbocycles. The van der Waals surface area contributed by atoms with Crippen LogP contribution in [-0.2, 0) is 9.47 Å². The molecule has 0 aromatic heterocycles. The first-order valence-electron chi connectivity index (χ1n) is 6.70. The van der Waals surface area contributed by atoms with E-state index < -0.39 is 0 Å². The molecule has 1 aliphatic heterocycles. The van der Waals surface area contributed by atoms with E-state index >= 15 is 0 Å². The largest absolute Gasteiger partial charge is 0.497 e. The minimum absolute atomic E-state index is 0.564. The summed E-state index contributed by atoms with van der Waals surface area (Å²) in [4.78, 5) is 0. The molecule has 0 saturated heterocycles. The Labute approximate surface area is 119 Å². The van der Waals surface area contributed by atoms with Gasteiger partial charge >= 0.3 is 0 Å². The van der Waals surface area contributed by atoms with Gasteiger partial charge in [0.2, 0.25) is 0 Å². The Hall–Kier alpha value is -2.48. The van der Waals surface area contributed by atoms with Crippen molar-refractivity contribution in [2.24, 2.45) is 0 Å². The lowest BCUT2D eigenvalue weighted by Gasteiger charge is -2.16. The smallest absolute Gasteiger partial charge is 0.121 e. The zero-order valence-electron chi connectivity index (χ0n) is 11.2. The van der Waals surface area contributed by atoms with Crippen molar-refractivity contribution in [3.05, 3.63) is 84.3 Å². The van der Waals surface area contributed by atoms with Crippen LogP contribution in [0, 0.1) is 0 Å². The van der Waals surface area contributed by atoms with E-state index in [0.29, 0.717) is 13.2 Å². The molecule has 100 valence electrons. The van der Waals surface area contributed by atoms with Gasteiger partial charge in [0.25, 0.3) is 0 Å². The fraction of sp³-hybridized carbons (Fsp3) is 0.111. The van der Waals surface area contributed by atoms with Crippen molar-refractivity contribution in [1.82, 2.24) is 0 Å². The van der Waals surface area contributed by atoms with Gasteiger partial charge in [0.15, 0.2) is 0 Å². The number of hydrogen-bond acceptors (Lipinski definition) is 2. The van der Waals surface area contributed by atoms with Crippen molar-refractivity contribution in [2.75, 3.05) is 13.2 Å². The van der Waals surface area contributed by atoms with Crippen LogP contribution in [0.2, 0.25) is 0 Å². The highest BCUT2D eigenvalue weighted by Crippen LogP contribution is 2.31. The molecule has 0 fully saturated rings. The van der Waals surface area contributed by atoms with E-state index in [4.69, 9.17) is 9.47 Å². The van der Waals surface area contributed by atoms with Crippen LogP contribution in [0.1, 0.15) is 11.1 Å². The van der Waals surface area contributed by atoms with E-state index in [1.54, 1.807) is 0 Å². The van der Waals surface area contributed by atoms with Gasteiger partial charge in [-0.15, -0.1) is 0 Å². The van der Waals surface area contributed by atoms with Gasteiger partial charge in [0.1, 0.15) is 13.2 Å². The fourth-order valence-electron chi connectivity index (χ4n) is 2.19. The number of hydrogen-bond donors (Lipinski definition) is 0. The Morgan fingerprint density at radius 1 is 0.550 bits per heavy atom. The normalized spacial score (nSPS) is 15.0. The molecule has 0 unspecified atom stereocenters. The van der Waals surface area contributed by atoms with E-state index in [9.17, 15) is 0 Å². The van der Waals surface area contributed by atoms with Crippen LogP contribution in [0.25, 0.3) is 11.1 Å². The first-order chi connectivity index (χ1) is 9.95. The Morgan fingerprint density at radius 2 is 0.950 bits per heavy atom. The number of rotatable bonds is 2. The number of allylic oxidation sites excluding steroid dienone is 2. The zero-order chi connectivity index (χ0) is 13.6. The highest BCUT2D eigenvalue weighted by molar-refractivity contribution is 6.04. The van der Waals surface area contributed by atoms with Crippen LogP contribution in [0.5, 0.6) is 0 Å². The molecule has 0 atom stereocenters. The maximum Gasteiger partial charge on any atom is 0.121 e. The highest BCUT2D eigenvalue weighted by Gasteiger charge is 2.13. The van der Waals surface area contributed by atoms with Gasteiger partial charge in [0, 0.05) is 11.1 Å². The minimum atomic E-state index is 0.564. The van der Waals surface area contributed by atoms with Crippen molar-refractivity contribution in [2.45, 2.75) is 0 Å². The third-order valence-corrected chi connectivity index (χ3v) is 3.18. The van der Waals surface area contributed by atoms with E-state index in [2.05, 4.69) is 24.3 Å². The predicted molar refractivity (Wildman–Crippen MR) is 80.7 cm³/mol. The van der Waals surface area contributed by atoms with Gasteiger partial charge in [-0.3, -0.25) is 0 Å². The molecule has 0 bridgehead atoms. The molecule has 0 N–H and O–H groups in total. The summed E-state index contributed by atoms with van der Waals surface area (Å²) in [7, 11) is 0. The third-order valence-electron chi connectivity index (χ3n) is 3.18. The molecule has 2 aromatic rings. The van der Waals surface area contributed by atoms with Gasteiger partial charge in [-0.25, -0.2) is 0 Å². The van der Waals surface area contributed by atoms with Crippen molar-refractivity contribution >= 4 is 11.1 Å². The average Bonchev–Trinajstić information content (AvgIpc) is 2.49. The van der Waals surface area contributed by atoms with Crippen LogP contribution < -0.4 is 0 Å². The summed E-state index contributed by atoms with van der Waals surface area (Å²) in [6, 6.07) is 20.4. The monoisotopic (exact) mass is 264 g/mol. The summed E-state index contributed by atoms with van der Waals surface area (Å²) in [5.41, 5.74) is 4.31. The number of ether oxygens (including phenoxy) is 2. The lowest BCUT2D eigenvalue weighted by atomic mass is 9.94. The maximum absolute atomic E-state index is 5.57. The van der Waals surface area contributed by atoms with Crippen molar-refractivity contribution in [1.29, 1.82) is 0 Å². The fourth-order valence-corrected chi connectivity index (χ4v) is 2.19. The number of benzene rings is 2. The van der Waals surface area contributed by atoms with Crippen LogP contribution in [0.3, 0.4) is 0 Å². The van der Waals surface area contributed by atoms with Crippen LogP contribution in [0.15, 0.2) is 73.2 Å². The van der Waals surface area contributed by atoms with Crippen molar-refractivity contribution in [3.63, 3.8) is 0 Å². The van der Waals surface area contributed by atoms with E-state index in [1.807, 2.05) is 48.9 Å². The summed E-state index contributed by atoms with van der Waals surface area (Å²) in [6.07, 6.45) is 3.66. The van der Waals surface area contributed by atoms with Gasteiger partial charge in [-0.2, -0.15) is 0 Å². The molecule has 0 saturated carbocycles. The Kier molecular flexibility index (Phi) is 3.83. The molecule has 20 heavy (non-hydrogen) atoms. The molecule has 0 radical (unpaired) electrons. The molecule has 0 aliphatic carbocycles. The van der Waals surface area contributed by atoms with Gasteiger partial charge < -0.3 is 9.47 Å². The van der Waals surface area contributed by atoms with Gasteiger partial charge in [0.05, 0.1) is 12.5 Å². The van der Waals surface area contributed by atoms with Crippen LogP contribution in [0.4, 0.5) is 0 Å². The molecule has 0 spiro atoms. The van der Waals surface area contributed by atoms with Crippen LogP contribution in [-0.4, -0.2) is 13.2 Å². The van der Waals surface area contributed by atoms with Gasteiger partial charge in [-0.05, 0) is 11.1 Å². The molecule has 2 nitrogen and oxygen atoms in total. The third kappa shape index (κ3) is 2.75. The summed E-state index contributed by atoms with van der Waals surface area (Å²) in [5, 5.41) is 0. The second kappa shape index (κ2) is 6.11. The summed E-state index contributed by atoms with van der Waals surface area (Å²) < 4.78 is 11.1. The van der Waals surface area contributed by atoms with Crippen molar-refractivity contribution in [3.8, 4) is 0 Å². The molecule has 3 rings (SSSR count). The molecule has 2 heteroatoms. The molecule has 0 amide bonds. The summed E-state index contributed by atoms with van der Waals surface area (Å²) >= 11 is 0. The van der Waals surface area contributed by atoms with Crippen molar-refractivity contribution < 1.29 is 9.47 Å². The lowest BCUT2D eigenvalue weighted by molar-refractivity contribution is 0.149. The second-order valence-corrected chi connectivity index (χ2v) is 4.54. The highest BCUT2D eigenvalue weighted by atomic mass is 16.5. The quantitative estimate of drug-likeness (QED) is 0.812. The van der Waals surface area contributed by atoms with E-state index in [1.165, 1.54) is 0 Å². The SMILES string of the molecule is C1=C(c2ccccc2)C(c2ccccc2)=COCCO1. The molecular formula is C18H16O2. The Bertz CT molecular complexity index is 555. The Balaban J connectivity index is 2.07. The second-order valence-electron chi connectivity index (χ2n) is 4.54. The first kappa shape index (κ1) is 12.5. The Morgan fingerprint density at radius 3 is 1.35 bits per heavy atom. The van der Waals surface area contributed by atoms with Gasteiger partial charge in [-0.1, -0.05) is 60.7 Å². The van der Waals surface area contributed by atoms with E-state index in [-0.39, 0.29) is 0 Å². The summed E-state index contributed by atoms with van der Waals surface area (Å²) in [6.45, 7) is 1.13. The van der Waals surface area contributed by atoms with Crippen LogP contribution >= 0.6 is 0 Å². The maximum atomic E-state index is 5.57. The molecular weight excluding hydrogens is 248 g/mol. The lowest BCUT2D eigenvalue weighted by Crippen LogP contribution is -2.03. The molecule has 1 aliphatic rings. The van der Waals surface area contributed by atoms with E-state index in [0.717, 1.165) is 22.3 Å².